The Bertz CT molecular complexity index is 664. The summed E-state index contributed by atoms with van der Waals surface area (Å²) < 4.78 is 0. The molecule has 2 aromatic rings. The molecule has 1 heterocycles. The third-order valence-electron chi connectivity index (χ3n) is 3.80. The van der Waals surface area contributed by atoms with Crippen molar-refractivity contribution in [3.8, 4) is 0 Å². The summed E-state index contributed by atoms with van der Waals surface area (Å²) in [6, 6.07) is 5.21. The molecule has 3 N–H and O–H groups in total. The molecule has 0 radical (unpaired) electrons. The first-order chi connectivity index (χ1) is 9.63. The second-order valence-corrected chi connectivity index (χ2v) is 5.15. The Morgan fingerprint density at radius 2 is 2.20 bits per heavy atom. The van der Waals surface area contributed by atoms with Crippen LogP contribution in [-0.2, 0) is 4.79 Å². The van der Waals surface area contributed by atoms with E-state index < -0.39 is 5.97 Å². The number of carbonyl (C=O) groups is 2. The SMILES string of the molecule is O=C(NC1CCC(C(=O)O)C1)c1ccc2nc[nH]c2c1. The molecule has 1 aliphatic carbocycles. The molecule has 0 aliphatic heterocycles. The first kappa shape index (κ1) is 12.7. The molecule has 0 spiro atoms. The van der Waals surface area contributed by atoms with Gasteiger partial charge in [0, 0.05) is 11.6 Å². The number of imidazole rings is 1. The highest BCUT2D eigenvalue weighted by molar-refractivity contribution is 5.97. The number of carbonyl (C=O) groups excluding carboxylic acids is 1. The van der Waals surface area contributed by atoms with Crippen molar-refractivity contribution in [2.24, 2.45) is 5.92 Å². The normalized spacial score (nSPS) is 22.0. The van der Waals surface area contributed by atoms with Crippen LogP contribution in [0.15, 0.2) is 24.5 Å². The van der Waals surface area contributed by atoms with Crippen molar-refractivity contribution in [2.75, 3.05) is 0 Å². The zero-order valence-electron chi connectivity index (χ0n) is 10.8. The van der Waals surface area contributed by atoms with E-state index in [9.17, 15) is 9.59 Å². The van der Waals surface area contributed by atoms with Gasteiger partial charge in [0.15, 0.2) is 0 Å². The molecule has 1 amide bonds. The van der Waals surface area contributed by atoms with Crippen molar-refractivity contribution in [2.45, 2.75) is 25.3 Å². The second-order valence-electron chi connectivity index (χ2n) is 5.15. The van der Waals surface area contributed by atoms with E-state index in [1.807, 2.05) is 0 Å². The van der Waals surface area contributed by atoms with Crippen molar-refractivity contribution >= 4 is 22.9 Å². The van der Waals surface area contributed by atoms with Crippen LogP contribution in [0.1, 0.15) is 29.6 Å². The summed E-state index contributed by atoms with van der Waals surface area (Å²) in [5.74, 6) is -1.28. The molecule has 104 valence electrons. The molecule has 2 unspecified atom stereocenters. The third-order valence-corrected chi connectivity index (χ3v) is 3.80. The van der Waals surface area contributed by atoms with Crippen LogP contribution in [0.4, 0.5) is 0 Å². The highest BCUT2D eigenvalue weighted by Crippen LogP contribution is 2.26. The minimum Gasteiger partial charge on any atom is -0.481 e. The van der Waals surface area contributed by atoms with Crippen LogP contribution in [0.25, 0.3) is 11.0 Å². The summed E-state index contributed by atoms with van der Waals surface area (Å²) in [5.41, 5.74) is 2.18. The fourth-order valence-corrected chi connectivity index (χ4v) is 2.68. The molecule has 1 aromatic heterocycles. The van der Waals surface area contributed by atoms with E-state index in [0.717, 1.165) is 17.5 Å². The number of hydrogen-bond acceptors (Lipinski definition) is 3. The average Bonchev–Trinajstić information content (AvgIpc) is 3.05. The Kier molecular flexibility index (Phi) is 3.14. The summed E-state index contributed by atoms with van der Waals surface area (Å²) in [4.78, 5) is 30.1. The molecule has 6 heteroatoms. The number of carboxylic acid groups (broad SMARTS) is 1. The maximum atomic E-state index is 12.1. The van der Waals surface area contributed by atoms with Gasteiger partial charge < -0.3 is 15.4 Å². The Morgan fingerprint density at radius 1 is 1.35 bits per heavy atom. The fourth-order valence-electron chi connectivity index (χ4n) is 2.68. The van der Waals surface area contributed by atoms with Gasteiger partial charge in [0.2, 0.25) is 0 Å². The van der Waals surface area contributed by atoms with Gasteiger partial charge >= 0.3 is 5.97 Å². The lowest BCUT2D eigenvalue weighted by molar-refractivity contribution is -0.141. The molecule has 1 fully saturated rings. The number of amides is 1. The Hall–Kier alpha value is -2.37. The molecule has 1 aliphatic rings. The maximum absolute atomic E-state index is 12.1. The minimum absolute atomic E-state index is 0.0546. The van der Waals surface area contributed by atoms with Crippen LogP contribution in [0.2, 0.25) is 0 Å². The molecule has 1 aromatic carbocycles. The smallest absolute Gasteiger partial charge is 0.306 e. The van der Waals surface area contributed by atoms with Gasteiger partial charge in [-0.1, -0.05) is 0 Å². The minimum atomic E-state index is -0.777. The van der Waals surface area contributed by atoms with Crippen LogP contribution in [0, 0.1) is 5.92 Å². The van der Waals surface area contributed by atoms with Gasteiger partial charge in [0.05, 0.1) is 23.3 Å². The van der Waals surface area contributed by atoms with E-state index in [0.29, 0.717) is 18.4 Å². The average molecular weight is 273 g/mol. The van der Waals surface area contributed by atoms with E-state index in [4.69, 9.17) is 5.11 Å². The van der Waals surface area contributed by atoms with E-state index in [-0.39, 0.29) is 17.9 Å². The first-order valence-corrected chi connectivity index (χ1v) is 6.60. The lowest BCUT2D eigenvalue weighted by atomic mass is 10.1. The molecular weight excluding hydrogens is 258 g/mol. The molecule has 6 nitrogen and oxygen atoms in total. The molecule has 0 bridgehead atoms. The number of hydrogen-bond donors (Lipinski definition) is 3. The molecule has 2 atom stereocenters. The van der Waals surface area contributed by atoms with Crippen LogP contribution < -0.4 is 5.32 Å². The number of aromatic amines is 1. The van der Waals surface area contributed by atoms with E-state index in [1.54, 1.807) is 24.5 Å². The molecule has 3 rings (SSSR count). The maximum Gasteiger partial charge on any atom is 0.306 e. The summed E-state index contributed by atoms with van der Waals surface area (Å²) in [5, 5.41) is 11.9. The first-order valence-electron chi connectivity index (χ1n) is 6.60. The summed E-state index contributed by atoms with van der Waals surface area (Å²) in [6.45, 7) is 0. The number of aliphatic carboxylic acids is 1. The number of fused-ring (bicyclic) bond motifs is 1. The Morgan fingerprint density at radius 3 is 2.95 bits per heavy atom. The van der Waals surface area contributed by atoms with Gasteiger partial charge in [-0.15, -0.1) is 0 Å². The lowest BCUT2D eigenvalue weighted by Gasteiger charge is -2.12. The zero-order valence-corrected chi connectivity index (χ0v) is 10.8. The number of nitrogens with one attached hydrogen (secondary N) is 2. The van der Waals surface area contributed by atoms with Crippen molar-refractivity contribution < 1.29 is 14.7 Å². The number of benzene rings is 1. The Balaban J connectivity index is 1.68. The predicted molar refractivity (Wildman–Crippen MR) is 72.3 cm³/mol. The van der Waals surface area contributed by atoms with E-state index in [2.05, 4.69) is 15.3 Å². The van der Waals surface area contributed by atoms with E-state index >= 15 is 0 Å². The quantitative estimate of drug-likeness (QED) is 0.790. The fraction of sp³-hybridized carbons (Fsp3) is 0.357. The van der Waals surface area contributed by atoms with Gasteiger partial charge in [-0.2, -0.15) is 0 Å². The highest BCUT2D eigenvalue weighted by Gasteiger charge is 2.30. The summed E-state index contributed by atoms with van der Waals surface area (Å²) in [7, 11) is 0. The predicted octanol–water partition coefficient (Wildman–Crippen LogP) is 1.55. The van der Waals surface area contributed by atoms with Gasteiger partial charge in [-0.3, -0.25) is 9.59 Å². The summed E-state index contributed by atoms with van der Waals surface area (Å²) >= 11 is 0. The largest absolute Gasteiger partial charge is 0.481 e. The third kappa shape index (κ3) is 2.36. The number of H-pyrrole nitrogens is 1. The number of nitrogens with zero attached hydrogens (tertiary/aromatic N) is 1. The molecule has 1 saturated carbocycles. The second kappa shape index (κ2) is 4.96. The Labute approximate surface area is 115 Å². The van der Waals surface area contributed by atoms with Crippen molar-refractivity contribution in [1.82, 2.24) is 15.3 Å². The van der Waals surface area contributed by atoms with Gasteiger partial charge in [0.25, 0.3) is 5.91 Å². The van der Waals surface area contributed by atoms with Crippen LogP contribution in [0.3, 0.4) is 0 Å². The van der Waals surface area contributed by atoms with E-state index in [1.165, 1.54) is 0 Å². The van der Waals surface area contributed by atoms with Gasteiger partial charge in [0.1, 0.15) is 0 Å². The molecule has 20 heavy (non-hydrogen) atoms. The molecule has 0 saturated heterocycles. The standard InChI is InChI=1S/C14H15N3O3/c18-13(17-10-3-1-9(5-10)14(19)20)8-2-4-11-12(6-8)16-7-15-11/h2,4,6-7,9-10H,1,3,5H2,(H,15,16)(H,17,18)(H,19,20). The number of carboxylic acids is 1. The van der Waals surface area contributed by atoms with Gasteiger partial charge in [-0.05, 0) is 37.5 Å². The van der Waals surface area contributed by atoms with Crippen LogP contribution in [-0.4, -0.2) is 33.0 Å². The van der Waals surface area contributed by atoms with Crippen molar-refractivity contribution in [1.29, 1.82) is 0 Å². The number of rotatable bonds is 3. The van der Waals surface area contributed by atoms with Crippen LogP contribution in [0.5, 0.6) is 0 Å². The summed E-state index contributed by atoms with van der Waals surface area (Å²) in [6.07, 6.45) is 3.43. The topological polar surface area (TPSA) is 95.1 Å². The lowest BCUT2D eigenvalue weighted by Crippen LogP contribution is -2.33. The van der Waals surface area contributed by atoms with Crippen LogP contribution >= 0.6 is 0 Å². The number of aromatic nitrogens is 2. The zero-order chi connectivity index (χ0) is 14.1. The monoisotopic (exact) mass is 273 g/mol. The van der Waals surface area contributed by atoms with Crippen molar-refractivity contribution in [3.63, 3.8) is 0 Å². The van der Waals surface area contributed by atoms with Crippen molar-refractivity contribution in [3.05, 3.63) is 30.1 Å². The molecular formula is C14H15N3O3. The highest BCUT2D eigenvalue weighted by atomic mass is 16.4. The van der Waals surface area contributed by atoms with Gasteiger partial charge in [-0.25, -0.2) is 4.98 Å².